The van der Waals surface area contributed by atoms with Crippen LogP contribution in [0.3, 0.4) is 0 Å². The molecule has 0 aliphatic carbocycles. The Morgan fingerprint density at radius 2 is 1.72 bits per heavy atom. The number of halogens is 4. The second-order valence-electron chi connectivity index (χ2n) is 7.12. The minimum absolute atomic E-state index is 0.0553. The van der Waals surface area contributed by atoms with Crippen molar-refractivity contribution >= 4 is 45.7 Å². The van der Waals surface area contributed by atoms with E-state index in [9.17, 15) is 13.2 Å². The Bertz CT molecular complexity index is 1010. The van der Waals surface area contributed by atoms with Crippen molar-refractivity contribution in [1.82, 2.24) is 9.97 Å². The lowest BCUT2D eigenvalue weighted by atomic mass is 10.2. The number of nitrogens with one attached hydrogen (secondary N) is 2. The molecular weight excluding hydrogens is 532 g/mol. The molecule has 0 amide bonds. The fraction of sp³-hybridized carbons (Fsp3) is 0.304. The van der Waals surface area contributed by atoms with E-state index in [0.29, 0.717) is 18.0 Å². The minimum atomic E-state index is -4.59. The predicted molar refractivity (Wildman–Crippen MR) is 129 cm³/mol. The number of alkyl halides is 3. The fourth-order valence-corrected chi connectivity index (χ4v) is 3.44. The molecule has 0 spiro atoms. The second-order valence-corrected chi connectivity index (χ2v) is 8.28. The molecule has 0 fully saturated rings. The van der Waals surface area contributed by atoms with Crippen LogP contribution >= 0.6 is 22.6 Å². The highest BCUT2D eigenvalue weighted by Gasteiger charge is 2.35. The van der Waals surface area contributed by atoms with Crippen molar-refractivity contribution in [2.45, 2.75) is 38.8 Å². The normalized spacial score (nSPS) is 11.3. The lowest BCUT2D eigenvalue weighted by Crippen LogP contribution is -2.13. The molecule has 0 radical (unpaired) electrons. The average Bonchev–Trinajstić information content (AvgIpc) is 2.76. The molecule has 3 aromatic rings. The number of aromatic nitrogens is 2. The summed E-state index contributed by atoms with van der Waals surface area (Å²) in [7, 11) is 0. The van der Waals surface area contributed by atoms with Gasteiger partial charge in [0, 0.05) is 15.5 Å². The van der Waals surface area contributed by atoms with Crippen LogP contribution in [0, 0.1) is 3.57 Å². The minimum Gasteiger partial charge on any atom is -0.494 e. The third-order valence-electron chi connectivity index (χ3n) is 4.60. The Morgan fingerprint density at radius 1 is 0.969 bits per heavy atom. The number of hydrogen-bond acceptors (Lipinski definition) is 5. The van der Waals surface area contributed by atoms with Crippen LogP contribution in [0.1, 0.15) is 38.2 Å². The SMILES string of the molecule is CCCCCCOc1ccc(Nc2ncc(C(F)(F)F)c(Nc3ccccc3I)n2)cc1. The van der Waals surface area contributed by atoms with Gasteiger partial charge in [-0.15, -0.1) is 0 Å². The summed E-state index contributed by atoms with van der Waals surface area (Å²) in [4.78, 5) is 7.93. The molecule has 0 bridgehead atoms. The van der Waals surface area contributed by atoms with Crippen LogP contribution in [0.4, 0.5) is 36.3 Å². The third kappa shape index (κ3) is 6.98. The number of unbranched alkanes of at least 4 members (excludes halogenated alkanes) is 3. The summed E-state index contributed by atoms with van der Waals surface area (Å²) in [5, 5.41) is 5.73. The van der Waals surface area contributed by atoms with E-state index in [1.165, 1.54) is 12.8 Å². The molecule has 9 heteroatoms. The molecule has 0 aliphatic rings. The van der Waals surface area contributed by atoms with Gasteiger partial charge in [0.15, 0.2) is 0 Å². The van der Waals surface area contributed by atoms with Crippen LogP contribution in [0.2, 0.25) is 0 Å². The molecule has 1 heterocycles. The van der Waals surface area contributed by atoms with Crippen LogP contribution in [-0.2, 0) is 6.18 Å². The quantitative estimate of drug-likeness (QED) is 0.200. The highest BCUT2D eigenvalue weighted by molar-refractivity contribution is 14.1. The van der Waals surface area contributed by atoms with Gasteiger partial charge < -0.3 is 15.4 Å². The Hall–Kier alpha value is -2.56. The molecule has 0 saturated carbocycles. The average molecular weight is 556 g/mol. The molecule has 0 unspecified atom stereocenters. The molecular formula is C23H24F3IN4O. The molecule has 3 rings (SSSR count). The summed E-state index contributed by atoms with van der Waals surface area (Å²) < 4.78 is 46.9. The van der Waals surface area contributed by atoms with Gasteiger partial charge in [0.25, 0.3) is 0 Å². The predicted octanol–water partition coefficient (Wildman–Crippen LogP) is 7.55. The number of benzene rings is 2. The Labute approximate surface area is 199 Å². The lowest BCUT2D eigenvalue weighted by molar-refractivity contribution is -0.137. The summed E-state index contributed by atoms with van der Waals surface area (Å²) in [5.41, 5.74) is 0.238. The van der Waals surface area contributed by atoms with Gasteiger partial charge >= 0.3 is 6.18 Å². The van der Waals surface area contributed by atoms with E-state index in [1.54, 1.807) is 42.5 Å². The lowest BCUT2D eigenvalue weighted by Gasteiger charge is -2.15. The van der Waals surface area contributed by atoms with Crippen molar-refractivity contribution in [1.29, 1.82) is 0 Å². The van der Waals surface area contributed by atoms with Crippen molar-refractivity contribution in [3.63, 3.8) is 0 Å². The number of hydrogen-bond donors (Lipinski definition) is 2. The van der Waals surface area contributed by atoms with Crippen molar-refractivity contribution in [2.24, 2.45) is 0 Å². The van der Waals surface area contributed by atoms with E-state index >= 15 is 0 Å². The van der Waals surface area contributed by atoms with Crippen molar-refractivity contribution < 1.29 is 17.9 Å². The van der Waals surface area contributed by atoms with Crippen LogP contribution in [0.25, 0.3) is 0 Å². The molecule has 170 valence electrons. The largest absolute Gasteiger partial charge is 0.494 e. The van der Waals surface area contributed by atoms with Gasteiger partial charge in [-0.25, -0.2) is 4.98 Å². The van der Waals surface area contributed by atoms with Gasteiger partial charge in [0.2, 0.25) is 5.95 Å². The third-order valence-corrected chi connectivity index (χ3v) is 5.54. The topological polar surface area (TPSA) is 59.1 Å². The van der Waals surface area contributed by atoms with Crippen molar-refractivity contribution in [2.75, 3.05) is 17.2 Å². The number of ether oxygens (including phenoxy) is 1. The van der Waals surface area contributed by atoms with Gasteiger partial charge in [0.1, 0.15) is 17.1 Å². The van der Waals surface area contributed by atoms with E-state index in [1.807, 2.05) is 6.07 Å². The van der Waals surface area contributed by atoms with Crippen molar-refractivity contribution in [3.8, 4) is 5.75 Å². The van der Waals surface area contributed by atoms with E-state index in [4.69, 9.17) is 4.74 Å². The van der Waals surface area contributed by atoms with E-state index in [2.05, 4.69) is 50.1 Å². The van der Waals surface area contributed by atoms with Crippen molar-refractivity contribution in [3.05, 3.63) is 63.9 Å². The van der Waals surface area contributed by atoms with Crippen LogP contribution in [0.5, 0.6) is 5.75 Å². The van der Waals surface area contributed by atoms with Gasteiger partial charge in [-0.1, -0.05) is 38.3 Å². The standard InChI is InChI=1S/C23H24F3IN4O/c1-2-3-4-7-14-32-17-12-10-16(11-13-17)29-22-28-15-18(23(24,25)26)21(31-22)30-20-9-6-5-8-19(20)27/h5-6,8-13,15H,2-4,7,14H2,1H3,(H2,28,29,30,31). The van der Waals surface area contributed by atoms with Gasteiger partial charge in [-0.2, -0.15) is 18.2 Å². The number of anilines is 4. The second kappa shape index (κ2) is 11.3. The number of nitrogens with zero attached hydrogens (tertiary/aromatic N) is 2. The first-order valence-electron chi connectivity index (χ1n) is 10.3. The summed E-state index contributed by atoms with van der Waals surface area (Å²) in [6.07, 6.45) is 0.704. The maximum Gasteiger partial charge on any atom is 0.421 e. The van der Waals surface area contributed by atoms with Gasteiger partial charge in [-0.05, 0) is 65.4 Å². The molecule has 0 saturated heterocycles. The van der Waals surface area contributed by atoms with Crippen LogP contribution in [-0.4, -0.2) is 16.6 Å². The van der Waals surface area contributed by atoms with E-state index in [-0.39, 0.29) is 11.8 Å². The first kappa shape index (κ1) is 24.1. The van der Waals surface area contributed by atoms with E-state index < -0.39 is 11.7 Å². The summed E-state index contributed by atoms with van der Waals surface area (Å²) in [5.74, 6) is 0.479. The molecule has 2 aromatic carbocycles. The first-order valence-corrected chi connectivity index (χ1v) is 11.4. The van der Waals surface area contributed by atoms with Gasteiger partial charge in [-0.3, -0.25) is 0 Å². The zero-order valence-corrected chi connectivity index (χ0v) is 19.7. The summed E-state index contributed by atoms with van der Waals surface area (Å²) >= 11 is 2.05. The smallest absolute Gasteiger partial charge is 0.421 e. The summed E-state index contributed by atoms with van der Waals surface area (Å²) in [6, 6.07) is 14.2. The zero-order chi connectivity index (χ0) is 23.0. The molecule has 1 aromatic heterocycles. The Morgan fingerprint density at radius 3 is 2.41 bits per heavy atom. The number of para-hydroxylation sites is 1. The van der Waals surface area contributed by atoms with Gasteiger partial charge in [0.05, 0.1) is 12.3 Å². The molecule has 5 nitrogen and oxygen atoms in total. The molecule has 0 atom stereocenters. The monoisotopic (exact) mass is 556 g/mol. The molecule has 0 aliphatic heterocycles. The maximum absolute atomic E-state index is 13.5. The zero-order valence-electron chi connectivity index (χ0n) is 17.5. The highest BCUT2D eigenvalue weighted by atomic mass is 127. The summed E-state index contributed by atoms with van der Waals surface area (Å²) in [6.45, 7) is 2.82. The molecule has 32 heavy (non-hydrogen) atoms. The highest BCUT2D eigenvalue weighted by Crippen LogP contribution is 2.36. The Kier molecular flexibility index (Phi) is 8.54. The van der Waals surface area contributed by atoms with Crippen LogP contribution in [0.15, 0.2) is 54.7 Å². The maximum atomic E-state index is 13.5. The number of rotatable bonds is 10. The van der Waals surface area contributed by atoms with E-state index in [0.717, 1.165) is 28.4 Å². The molecule has 2 N–H and O–H groups in total. The van der Waals surface area contributed by atoms with Crippen LogP contribution < -0.4 is 15.4 Å². The Balaban J connectivity index is 1.72. The fourth-order valence-electron chi connectivity index (χ4n) is 2.92. The first-order chi connectivity index (χ1) is 15.4.